The number of rotatable bonds is 3. The van der Waals surface area contributed by atoms with Crippen LogP contribution in [0.1, 0.15) is 5.56 Å². The van der Waals surface area contributed by atoms with Crippen molar-refractivity contribution in [2.24, 2.45) is 0 Å². The molecule has 94 valence electrons. The van der Waals surface area contributed by atoms with Gasteiger partial charge in [0.2, 0.25) is 5.91 Å². The maximum absolute atomic E-state index is 11.7. The summed E-state index contributed by atoms with van der Waals surface area (Å²) in [6.45, 7) is 0.737. The van der Waals surface area contributed by atoms with Crippen LogP contribution in [-0.4, -0.2) is 30.4 Å². The Morgan fingerprint density at radius 3 is 2.67 bits per heavy atom. The van der Waals surface area contributed by atoms with Gasteiger partial charge in [-0.15, -0.1) is 0 Å². The molecule has 0 saturated carbocycles. The lowest BCUT2D eigenvalue weighted by Crippen LogP contribution is -2.26. The van der Waals surface area contributed by atoms with Gasteiger partial charge in [0, 0.05) is 17.6 Å². The van der Waals surface area contributed by atoms with E-state index in [0.717, 1.165) is 5.56 Å². The Kier molecular flexibility index (Phi) is 3.67. The van der Waals surface area contributed by atoms with Gasteiger partial charge < -0.3 is 9.64 Å². The molecular formula is C13H12ClNO3. The fraction of sp³-hybridized carbons (Fsp3) is 0.231. The van der Waals surface area contributed by atoms with Gasteiger partial charge in [0.15, 0.2) is 0 Å². The number of hydrogen-bond donors (Lipinski definition) is 0. The molecule has 18 heavy (non-hydrogen) atoms. The van der Waals surface area contributed by atoms with Gasteiger partial charge in [-0.1, -0.05) is 23.7 Å². The lowest BCUT2D eigenvalue weighted by atomic mass is 10.2. The van der Waals surface area contributed by atoms with Gasteiger partial charge in [-0.25, -0.2) is 4.79 Å². The molecule has 1 aromatic carbocycles. The average Bonchev–Trinajstić information content (AvgIpc) is 2.73. The van der Waals surface area contributed by atoms with Crippen molar-refractivity contribution in [2.45, 2.75) is 6.54 Å². The zero-order chi connectivity index (χ0) is 13.1. The summed E-state index contributed by atoms with van der Waals surface area (Å²) in [6.07, 6.45) is 1.32. The number of nitrogens with zero attached hydrogens (tertiary/aromatic N) is 1. The fourth-order valence-corrected chi connectivity index (χ4v) is 1.89. The largest absolute Gasteiger partial charge is 0.466 e. The minimum Gasteiger partial charge on any atom is -0.466 e. The van der Waals surface area contributed by atoms with Crippen molar-refractivity contribution in [2.75, 3.05) is 13.7 Å². The van der Waals surface area contributed by atoms with E-state index in [2.05, 4.69) is 4.74 Å². The zero-order valence-electron chi connectivity index (χ0n) is 9.85. The normalized spacial score (nSPS) is 14.7. The highest BCUT2D eigenvalue weighted by molar-refractivity contribution is 6.30. The summed E-state index contributed by atoms with van der Waals surface area (Å²) in [5.41, 5.74) is 1.35. The molecule has 0 bridgehead atoms. The van der Waals surface area contributed by atoms with E-state index in [4.69, 9.17) is 11.6 Å². The van der Waals surface area contributed by atoms with Crippen LogP contribution in [0.5, 0.6) is 0 Å². The minimum atomic E-state index is -0.457. The molecule has 0 N–H and O–H groups in total. The van der Waals surface area contributed by atoms with E-state index < -0.39 is 5.97 Å². The molecule has 0 spiro atoms. The average molecular weight is 266 g/mol. The van der Waals surface area contributed by atoms with E-state index in [-0.39, 0.29) is 12.5 Å². The summed E-state index contributed by atoms with van der Waals surface area (Å²) in [5, 5.41) is 0.653. The number of amides is 1. The van der Waals surface area contributed by atoms with Crippen LogP contribution in [0.4, 0.5) is 0 Å². The van der Waals surface area contributed by atoms with Crippen molar-refractivity contribution in [3.63, 3.8) is 0 Å². The first-order chi connectivity index (χ1) is 8.60. The van der Waals surface area contributed by atoms with Crippen LogP contribution < -0.4 is 0 Å². The molecule has 1 aliphatic rings. The van der Waals surface area contributed by atoms with Crippen LogP contribution in [0.25, 0.3) is 0 Å². The first-order valence-electron chi connectivity index (χ1n) is 5.42. The molecule has 0 unspecified atom stereocenters. The molecule has 2 rings (SSSR count). The lowest BCUT2D eigenvalue weighted by molar-refractivity contribution is -0.136. The number of benzene rings is 1. The molecule has 0 radical (unpaired) electrons. The first-order valence-corrected chi connectivity index (χ1v) is 5.80. The van der Waals surface area contributed by atoms with E-state index >= 15 is 0 Å². The van der Waals surface area contributed by atoms with Gasteiger partial charge in [0.1, 0.15) is 0 Å². The maximum atomic E-state index is 11.7. The summed E-state index contributed by atoms with van der Waals surface area (Å²) >= 11 is 5.79. The number of carbonyl (C=O) groups is 2. The smallest absolute Gasteiger partial charge is 0.335 e. The van der Waals surface area contributed by atoms with Gasteiger partial charge in [0.05, 0.1) is 19.2 Å². The number of esters is 1. The molecule has 0 aromatic heterocycles. The highest BCUT2D eigenvalue weighted by Crippen LogP contribution is 2.17. The lowest BCUT2D eigenvalue weighted by Gasteiger charge is -2.16. The van der Waals surface area contributed by atoms with Crippen molar-refractivity contribution >= 4 is 23.5 Å². The molecule has 0 atom stereocenters. The van der Waals surface area contributed by atoms with Crippen molar-refractivity contribution in [3.8, 4) is 0 Å². The third-order valence-corrected chi connectivity index (χ3v) is 2.96. The van der Waals surface area contributed by atoms with Crippen LogP contribution >= 0.6 is 11.6 Å². The number of methoxy groups -OCH3 is 1. The Morgan fingerprint density at radius 1 is 1.39 bits per heavy atom. The van der Waals surface area contributed by atoms with Crippen LogP contribution in [0.15, 0.2) is 35.9 Å². The van der Waals surface area contributed by atoms with E-state index in [1.54, 1.807) is 17.0 Å². The monoisotopic (exact) mass is 265 g/mol. The van der Waals surface area contributed by atoms with E-state index in [0.29, 0.717) is 17.1 Å². The molecule has 0 saturated heterocycles. The molecular weight excluding hydrogens is 254 g/mol. The SMILES string of the molecule is COC(=O)C1=CC(=O)N(Cc2ccc(Cl)cc2)C1. The maximum Gasteiger partial charge on any atom is 0.335 e. The van der Waals surface area contributed by atoms with Crippen LogP contribution in [0.3, 0.4) is 0 Å². The van der Waals surface area contributed by atoms with E-state index in [1.807, 2.05) is 12.1 Å². The van der Waals surface area contributed by atoms with Crippen molar-refractivity contribution in [1.29, 1.82) is 0 Å². The second kappa shape index (κ2) is 5.23. The van der Waals surface area contributed by atoms with Crippen LogP contribution in [0.2, 0.25) is 5.02 Å². The molecule has 1 aromatic rings. The van der Waals surface area contributed by atoms with Crippen LogP contribution in [0, 0.1) is 0 Å². The van der Waals surface area contributed by atoms with Gasteiger partial charge in [0.25, 0.3) is 0 Å². The molecule has 1 amide bonds. The van der Waals surface area contributed by atoms with Gasteiger partial charge in [-0.2, -0.15) is 0 Å². The number of carbonyl (C=O) groups excluding carboxylic acids is 2. The third kappa shape index (κ3) is 2.71. The van der Waals surface area contributed by atoms with Gasteiger partial charge in [-0.05, 0) is 17.7 Å². The summed E-state index contributed by atoms with van der Waals surface area (Å²) in [5.74, 6) is -0.632. The first kappa shape index (κ1) is 12.6. The number of halogens is 1. The fourth-order valence-electron chi connectivity index (χ4n) is 1.77. The molecule has 5 heteroatoms. The third-order valence-electron chi connectivity index (χ3n) is 2.70. The Morgan fingerprint density at radius 2 is 2.06 bits per heavy atom. The van der Waals surface area contributed by atoms with E-state index in [9.17, 15) is 9.59 Å². The molecule has 1 heterocycles. The molecule has 0 aliphatic carbocycles. The Hall–Kier alpha value is -1.81. The number of hydrogen-bond acceptors (Lipinski definition) is 3. The molecule has 0 fully saturated rings. The quantitative estimate of drug-likeness (QED) is 0.783. The van der Waals surface area contributed by atoms with Crippen molar-refractivity contribution in [3.05, 3.63) is 46.5 Å². The second-order valence-electron chi connectivity index (χ2n) is 3.98. The zero-order valence-corrected chi connectivity index (χ0v) is 10.6. The molecule has 4 nitrogen and oxygen atoms in total. The Bertz CT molecular complexity index is 507. The predicted octanol–water partition coefficient (Wildman–Crippen LogP) is 1.78. The van der Waals surface area contributed by atoms with Gasteiger partial charge >= 0.3 is 5.97 Å². The highest BCUT2D eigenvalue weighted by Gasteiger charge is 2.26. The van der Waals surface area contributed by atoms with Crippen molar-refractivity contribution in [1.82, 2.24) is 4.90 Å². The van der Waals surface area contributed by atoms with Gasteiger partial charge in [-0.3, -0.25) is 4.79 Å². The Labute approximate surface area is 110 Å². The topological polar surface area (TPSA) is 46.6 Å². The van der Waals surface area contributed by atoms with Crippen LogP contribution in [-0.2, 0) is 20.9 Å². The second-order valence-corrected chi connectivity index (χ2v) is 4.42. The van der Waals surface area contributed by atoms with E-state index in [1.165, 1.54) is 13.2 Å². The summed E-state index contributed by atoms with van der Waals surface area (Å²) in [6, 6.07) is 7.25. The summed E-state index contributed by atoms with van der Waals surface area (Å²) in [7, 11) is 1.30. The standard InChI is InChI=1S/C13H12ClNO3/c1-18-13(17)10-6-12(16)15(8-10)7-9-2-4-11(14)5-3-9/h2-6H,7-8H2,1H3. The Balaban J connectivity index is 2.03. The van der Waals surface area contributed by atoms with Crippen molar-refractivity contribution < 1.29 is 14.3 Å². The minimum absolute atomic E-state index is 0.176. The molecule has 1 aliphatic heterocycles. The predicted molar refractivity (Wildman–Crippen MR) is 67.0 cm³/mol. The highest BCUT2D eigenvalue weighted by atomic mass is 35.5. The summed E-state index contributed by atoms with van der Waals surface area (Å²) in [4.78, 5) is 24.6. The summed E-state index contributed by atoms with van der Waals surface area (Å²) < 4.78 is 4.59. The number of ether oxygens (including phenoxy) is 1.